The molecule has 1 aromatic carbocycles. The smallest absolute Gasteiger partial charge is 0.253 e. The van der Waals surface area contributed by atoms with Crippen molar-refractivity contribution in [1.82, 2.24) is 9.97 Å². The summed E-state index contributed by atoms with van der Waals surface area (Å²) in [6, 6.07) is 9.25. The summed E-state index contributed by atoms with van der Waals surface area (Å²) in [7, 11) is 0. The Morgan fingerprint density at radius 2 is 1.64 bits per heavy atom. The second-order valence-corrected chi connectivity index (χ2v) is 4.80. The maximum absolute atomic E-state index is 11.7. The molecular formula is C16H14N4O2. The van der Waals surface area contributed by atoms with Crippen molar-refractivity contribution in [3.8, 4) is 0 Å². The van der Waals surface area contributed by atoms with Gasteiger partial charge in [0, 0.05) is 25.1 Å². The largest absolute Gasteiger partial charge is 0.376 e. The first kappa shape index (κ1) is 13.9. The molecule has 2 aromatic heterocycles. The predicted octanol–water partition coefficient (Wildman–Crippen LogP) is 1.30. The summed E-state index contributed by atoms with van der Waals surface area (Å²) in [6.07, 6.45) is 5.07. The topological polar surface area (TPSA) is 84.0 Å². The van der Waals surface area contributed by atoms with Crippen molar-refractivity contribution in [3.63, 3.8) is 0 Å². The molecule has 0 aliphatic rings. The van der Waals surface area contributed by atoms with Gasteiger partial charge < -0.3 is 10.6 Å². The van der Waals surface area contributed by atoms with Crippen LogP contribution in [0.4, 0.5) is 11.4 Å². The molecule has 3 aromatic rings. The molecule has 6 nitrogen and oxygen atoms in total. The highest BCUT2D eigenvalue weighted by Gasteiger charge is 2.20. The monoisotopic (exact) mass is 294 g/mol. The zero-order valence-electron chi connectivity index (χ0n) is 11.7. The summed E-state index contributed by atoms with van der Waals surface area (Å²) in [5.41, 5.74) is 1.39. The Morgan fingerprint density at radius 1 is 0.864 bits per heavy atom. The van der Waals surface area contributed by atoms with Gasteiger partial charge in [-0.1, -0.05) is 12.1 Å². The first-order chi connectivity index (χ1) is 10.8. The molecule has 3 rings (SSSR count). The second-order valence-electron chi connectivity index (χ2n) is 4.80. The van der Waals surface area contributed by atoms with Crippen LogP contribution in [0, 0.1) is 0 Å². The van der Waals surface area contributed by atoms with Gasteiger partial charge in [0.1, 0.15) is 11.4 Å². The summed E-state index contributed by atoms with van der Waals surface area (Å²) in [6.45, 7) is 0.838. The Morgan fingerprint density at radius 3 is 2.27 bits per heavy atom. The first-order valence-corrected chi connectivity index (χ1v) is 6.85. The van der Waals surface area contributed by atoms with Crippen molar-refractivity contribution in [2.75, 3.05) is 10.6 Å². The van der Waals surface area contributed by atoms with Gasteiger partial charge in [-0.15, -0.1) is 0 Å². The Kier molecular flexibility index (Phi) is 3.91. The third-order valence-corrected chi connectivity index (χ3v) is 3.27. The highest BCUT2D eigenvalue weighted by atomic mass is 16.2. The van der Waals surface area contributed by atoms with Crippen LogP contribution in [0.1, 0.15) is 11.3 Å². The number of hydrogen-bond acceptors (Lipinski definition) is 6. The molecule has 0 unspecified atom stereocenters. The van der Waals surface area contributed by atoms with E-state index < -0.39 is 10.9 Å². The van der Waals surface area contributed by atoms with Crippen LogP contribution < -0.4 is 21.5 Å². The third-order valence-electron chi connectivity index (χ3n) is 3.27. The molecule has 0 amide bonds. The molecule has 0 bridgehead atoms. The van der Waals surface area contributed by atoms with Crippen molar-refractivity contribution in [2.24, 2.45) is 0 Å². The van der Waals surface area contributed by atoms with E-state index in [1.165, 1.54) is 0 Å². The number of rotatable bonds is 6. The molecule has 0 fully saturated rings. The number of anilines is 2. The van der Waals surface area contributed by atoms with Gasteiger partial charge in [0.2, 0.25) is 0 Å². The van der Waals surface area contributed by atoms with E-state index in [1.807, 2.05) is 30.3 Å². The molecule has 0 aliphatic heterocycles. The quantitative estimate of drug-likeness (QED) is 0.667. The van der Waals surface area contributed by atoms with Crippen molar-refractivity contribution >= 4 is 11.4 Å². The molecule has 2 N–H and O–H groups in total. The van der Waals surface area contributed by atoms with E-state index in [0.717, 1.165) is 11.3 Å². The lowest BCUT2D eigenvalue weighted by molar-refractivity contribution is 1.03. The lowest BCUT2D eigenvalue weighted by Gasteiger charge is -2.14. The number of hydrogen-bond donors (Lipinski definition) is 2. The van der Waals surface area contributed by atoms with Gasteiger partial charge in [-0.3, -0.25) is 19.6 Å². The number of nitrogens with zero attached hydrogens (tertiary/aromatic N) is 2. The SMILES string of the molecule is O=c1c(NCc2cccnc2)c(NCc2ccccn2)c1=O. The lowest BCUT2D eigenvalue weighted by atomic mass is 10.1. The Bertz CT molecular complexity index is 753. The summed E-state index contributed by atoms with van der Waals surface area (Å²) in [4.78, 5) is 31.5. The summed E-state index contributed by atoms with van der Waals surface area (Å²) in [5.74, 6) is 0. The zero-order chi connectivity index (χ0) is 15.4. The molecule has 110 valence electrons. The molecule has 0 saturated heterocycles. The van der Waals surface area contributed by atoms with E-state index in [1.54, 1.807) is 18.6 Å². The highest BCUT2D eigenvalue weighted by molar-refractivity contribution is 5.73. The molecule has 0 saturated carbocycles. The molecule has 6 heteroatoms. The number of aromatic nitrogens is 2. The van der Waals surface area contributed by atoms with Crippen LogP contribution in [0.2, 0.25) is 0 Å². The van der Waals surface area contributed by atoms with Gasteiger partial charge in [0.15, 0.2) is 0 Å². The minimum atomic E-state index is -0.496. The zero-order valence-corrected chi connectivity index (χ0v) is 11.7. The summed E-state index contributed by atoms with van der Waals surface area (Å²) in [5, 5.41) is 5.96. The molecule has 22 heavy (non-hydrogen) atoms. The van der Waals surface area contributed by atoms with Crippen LogP contribution in [0.5, 0.6) is 0 Å². The number of nitrogens with one attached hydrogen (secondary N) is 2. The van der Waals surface area contributed by atoms with Crippen LogP contribution in [0.25, 0.3) is 0 Å². The average Bonchev–Trinajstić information content (AvgIpc) is 2.58. The first-order valence-electron chi connectivity index (χ1n) is 6.85. The standard InChI is InChI=1S/C16H14N4O2/c21-15-13(19-9-11-4-3-6-17-8-11)14(16(15)22)20-10-12-5-1-2-7-18-12/h1-8,19-20H,9-10H2. The molecule has 0 atom stereocenters. The van der Waals surface area contributed by atoms with E-state index in [-0.39, 0.29) is 0 Å². The van der Waals surface area contributed by atoms with E-state index in [0.29, 0.717) is 24.5 Å². The van der Waals surface area contributed by atoms with Crippen molar-refractivity contribution < 1.29 is 0 Å². The number of pyridine rings is 2. The molecule has 0 radical (unpaired) electrons. The van der Waals surface area contributed by atoms with Crippen molar-refractivity contribution in [1.29, 1.82) is 0 Å². The van der Waals surface area contributed by atoms with Gasteiger partial charge in [-0.05, 0) is 23.8 Å². The highest BCUT2D eigenvalue weighted by Crippen LogP contribution is 2.16. The Balaban J connectivity index is 1.67. The minimum absolute atomic E-state index is 0.319. The van der Waals surface area contributed by atoms with Gasteiger partial charge in [0.25, 0.3) is 10.9 Å². The normalized spacial score (nSPS) is 10.5. The maximum atomic E-state index is 11.7. The summed E-state index contributed by atoms with van der Waals surface area (Å²) < 4.78 is 0. The fourth-order valence-electron chi connectivity index (χ4n) is 2.10. The van der Waals surface area contributed by atoms with Crippen molar-refractivity contribution in [3.05, 3.63) is 80.6 Å². The molecule has 2 heterocycles. The average molecular weight is 294 g/mol. The molecule has 0 aliphatic carbocycles. The van der Waals surface area contributed by atoms with E-state index in [4.69, 9.17) is 0 Å². The van der Waals surface area contributed by atoms with Gasteiger partial charge in [-0.2, -0.15) is 0 Å². The van der Waals surface area contributed by atoms with E-state index in [2.05, 4.69) is 20.6 Å². The lowest BCUT2D eigenvalue weighted by Crippen LogP contribution is -2.37. The minimum Gasteiger partial charge on any atom is -0.376 e. The van der Waals surface area contributed by atoms with Crippen LogP contribution >= 0.6 is 0 Å². The third kappa shape index (κ3) is 2.85. The van der Waals surface area contributed by atoms with Gasteiger partial charge in [0.05, 0.1) is 12.2 Å². The van der Waals surface area contributed by atoms with Crippen LogP contribution in [0.3, 0.4) is 0 Å². The molecule has 0 spiro atoms. The van der Waals surface area contributed by atoms with Gasteiger partial charge >= 0.3 is 0 Å². The van der Waals surface area contributed by atoms with E-state index in [9.17, 15) is 9.59 Å². The van der Waals surface area contributed by atoms with Gasteiger partial charge in [-0.25, -0.2) is 0 Å². The summed E-state index contributed by atoms with van der Waals surface area (Å²) >= 11 is 0. The molecular weight excluding hydrogens is 280 g/mol. The van der Waals surface area contributed by atoms with E-state index >= 15 is 0 Å². The van der Waals surface area contributed by atoms with Crippen LogP contribution in [0.15, 0.2) is 58.5 Å². The fraction of sp³-hybridized carbons (Fsp3) is 0.125. The second kappa shape index (κ2) is 6.17. The maximum Gasteiger partial charge on any atom is 0.253 e. The van der Waals surface area contributed by atoms with Crippen molar-refractivity contribution in [2.45, 2.75) is 13.1 Å². The Labute approximate surface area is 126 Å². The van der Waals surface area contributed by atoms with Crippen LogP contribution in [-0.2, 0) is 13.1 Å². The Hall–Kier alpha value is -3.02. The van der Waals surface area contributed by atoms with Crippen LogP contribution in [-0.4, -0.2) is 9.97 Å². The fourth-order valence-corrected chi connectivity index (χ4v) is 2.10. The predicted molar refractivity (Wildman–Crippen MR) is 84.5 cm³/mol.